The molecule has 2 heterocycles. The summed E-state index contributed by atoms with van der Waals surface area (Å²) in [4.78, 5) is 26.3. The molecule has 2 N–H and O–H groups in total. The van der Waals surface area contributed by atoms with Crippen molar-refractivity contribution >= 4 is 17.7 Å². The standard InChI is InChI=1S/C30H36N6O/c1-6-11-24(19-31-5)30(4,21(3)7-2)23-16-14-22(15-17-23)28-34-29-33-26(18-27(37)36(29)35-28)20-32-25-12-9-8-10-13-25/h8-10,12-19,24,32H,3,6-7,11,20H2,1-2,4-5H3,(H,33,34,35). The van der Waals surface area contributed by atoms with Crippen molar-refractivity contribution in [2.75, 3.05) is 12.4 Å². The zero-order chi connectivity index (χ0) is 26.4. The van der Waals surface area contributed by atoms with Gasteiger partial charge in [0.2, 0.25) is 0 Å². The highest BCUT2D eigenvalue weighted by Gasteiger charge is 2.36. The van der Waals surface area contributed by atoms with Crippen molar-refractivity contribution in [3.63, 3.8) is 0 Å². The van der Waals surface area contributed by atoms with E-state index in [9.17, 15) is 4.79 Å². The maximum absolute atomic E-state index is 12.7. The Morgan fingerprint density at radius 1 is 1.16 bits per heavy atom. The van der Waals surface area contributed by atoms with E-state index in [1.807, 2.05) is 49.5 Å². The number of anilines is 1. The van der Waals surface area contributed by atoms with Gasteiger partial charge in [0.1, 0.15) is 0 Å². The molecule has 2 unspecified atom stereocenters. The van der Waals surface area contributed by atoms with Crippen molar-refractivity contribution in [2.45, 2.75) is 52.0 Å². The van der Waals surface area contributed by atoms with Crippen molar-refractivity contribution in [3.05, 3.63) is 94.4 Å². The van der Waals surface area contributed by atoms with Crippen LogP contribution in [0.4, 0.5) is 5.69 Å². The number of nitrogens with one attached hydrogen (secondary N) is 2. The van der Waals surface area contributed by atoms with Gasteiger partial charge in [0.05, 0.1) is 12.2 Å². The van der Waals surface area contributed by atoms with E-state index in [2.05, 4.69) is 71.1 Å². The number of rotatable bonds is 11. The number of fused-ring (bicyclic) bond motifs is 1. The van der Waals surface area contributed by atoms with Crippen molar-refractivity contribution in [1.29, 1.82) is 0 Å². The number of aromatic amines is 1. The fourth-order valence-corrected chi connectivity index (χ4v) is 4.92. The van der Waals surface area contributed by atoms with E-state index < -0.39 is 0 Å². The Hall–Kier alpha value is -4.00. The summed E-state index contributed by atoms with van der Waals surface area (Å²) in [5.74, 6) is 1.21. The lowest BCUT2D eigenvalue weighted by Gasteiger charge is -2.38. The van der Waals surface area contributed by atoms with E-state index in [-0.39, 0.29) is 16.9 Å². The van der Waals surface area contributed by atoms with Crippen LogP contribution < -0.4 is 10.9 Å². The molecule has 7 heteroatoms. The number of H-pyrrole nitrogens is 1. The average molecular weight is 497 g/mol. The van der Waals surface area contributed by atoms with Crippen LogP contribution in [0.5, 0.6) is 0 Å². The highest BCUT2D eigenvalue weighted by atomic mass is 16.1. The van der Waals surface area contributed by atoms with Gasteiger partial charge in [-0.3, -0.25) is 9.89 Å². The van der Waals surface area contributed by atoms with Crippen LogP contribution in [-0.2, 0) is 12.0 Å². The molecular weight excluding hydrogens is 460 g/mol. The fourth-order valence-electron chi connectivity index (χ4n) is 4.92. The van der Waals surface area contributed by atoms with Crippen LogP contribution in [0.2, 0.25) is 0 Å². The van der Waals surface area contributed by atoms with Crippen LogP contribution in [-0.4, -0.2) is 32.8 Å². The Balaban J connectivity index is 1.63. The molecule has 2 aromatic carbocycles. The van der Waals surface area contributed by atoms with Gasteiger partial charge in [-0.15, -0.1) is 0 Å². The fraction of sp³-hybridized carbons (Fsp3) is 0.333. The van der Waals surface area contributed by atoms with Crippen molar-refractivity contribution in [3.8, 4) is 11.4 Å². The van der Waals surface area contributed by atoms with Crippen LogP contribution in [0.3, 0.4) is 0 Å². The van der Waals surface area contributed by atoms with Crippen molar-refractivity contribution in [1.82, 2.24) is 19.6 Å². The molecule has 2 atom stereocenters. The molecule has 0 saturated carbocycles. The Morgan fingerprint density at radius 2 is 1.89 bits per heavy atom. The first kappa shape index (κ1) is 26.1. The Bertz CT molecular complexity index is 1430. The average Bonchev–Trinajstić information content (AvgIpc) is 3.36. The second-order valence-corrected chi connectivity index (χ2v) is 9.55. The van der Waals surface area contributed by atoms with Crippen LogP contribution in [0.15, 0.2) is 82.6 Å². The normalized spacial score (nSPS) is 14.1. The minimum absolute atomic E-state index is 0.196. The molecule has 0 aliphatic rings. The maximum Gasteiger partial charge on any atom is 0.274 e. The summed E-state index contributed by atoms with van der Waals surface area (Å²) in [6.45, 7) is 11.5. The zero-order valence-corrected chi connectivity index (χ0v) is 22.2. The molecular formula is C30H36N6O. The maximum atomic E-state index is 12.7. The largest absolute Gasteiger partial charge is 0.379 e. The van der Waals surface area contributed by atoms with Gasteiger partial charge in [-0.1, -0.05) is 81.8 Å². The zero-order valence-electron chi connectivity index (χ0n) is 22.2. The van der Waals surface area contributed by atoms with Crippen LogP contribution >= 0.6 is 0 Å². The lowest BCUT2D eigenvalue weighted by Crippen LogP contribution is -2.35. The molecule has 7 nitrogen and oxygen atoms in total. The molecule has 4 aromatic rings. The first-order valence-electron chi connectivity index (χ1n) is 12.9. The van der Waals surface area contributed by atoms with Gasteiger partial charge in [0.15, 0.2) is 5.82 Å². The smallest absolute Gasteiger partial charge is 0.274 e. The predicted octanol–water partition coefficient (Wildman–Crippen LogP) is 6.04. The summed E-state index contributed by atoms with van der Waals surface area (Å²) in [5.41, 5.74) is 4.45. The van der Waals surface area contributed by atoms with Gasteiger partial charge in [0.25, 0.3) is 11.3 Å². The van der Waals surface area contributed by atoms with E-state index >= 15 is 0 Å². The van der Waals surface area contributed by atoms with Crippen molar-refractivity contribution < 1.29 is 0 Å². The van der Waals surface area contributed by atoms with E-state index in [4.69, 9.17) is 0 Å². The highest BCUT2D eigenvalue weighted by Crippen LogP contribution is 2.41. The monoisotopic (exact) mass is 496 g/mol. The third kappa shape index (κ3) is 5.40. The number of aromatic nitrogens is 4. The molecule has 2 aromatic heterocycles. The minimum Gasteiger partial charge on any atom is -0.379 e. The van der Waals surface area contributed by atoms with E-state index in [0.29, 0.717) is 23.8 Å². The summed E-state index contributed by atoms with van der Waals surface area (Å²) in [7, 11) is 1.83. The molecule has 0 aliphatic heterocycles. The Labute approximate surface area is 218 Å². The third-order valence-corrected chi connectivity index (χ3v) is 7.22. The van der Waals surface area contributed by atoms with E-state index in [0.717, 1.165) is 30.5 Å². The molecule has 0 fully saturated rings. The van der Waals surface area contributed by atoms with Crippen LogP contribution in [0, 0.1) is 5.92 Å². The van der Waals surface area contributed by atoms with Gasteiger partial charge in [-0.25, -0.2) is 4.98 Å². The molecule has 4 rings (SSSR count). The van der Waals surface area contributed by atoms with Crippen LogP contribution in [0.1, 0.15) is 51.3 Å². The molecule has 192 valence electrons. The Morgan fingerprint density at radius 3 is 2.54 bits per heavy atom. The van der Waals surface area contributed by atoms with Crippen LogP contribution in [0.25, 0.3) is 17.2 Å². The van der Waals surface area contributed by atoms with Gasteiger partial charge >= 0.3 is 0 Å². The second-order valence-electron chi connectivity index (χ2n) is 9.55. The van der Waals surface area contributed by atoms with E-state index in [1.165, 1.54) is 21.7 Å². The lowest BCUT2D eigenvalue weighted by molar-refractivity contribution is 0.403. The third-order valence-electron chi connectivity index (χ3n) is 7.22. The molecule has 0 amide bonds. The summed E-state index contributed by atoms with van der Waals surface area (Å²) in [5, 5.41) is 6.40. The summed E-state index contributed by atoms with van der Waals surface area (Å²) in [6, 6.07) is 19.7. The molecule has 0 saturated heterocycles. The number of hydrogen-bond acceptors (Lipinski definition) is 5. The summed E-state index contributed by atoms with van der Waals surface area (Å²) < 4.78 is 1.38. The minimum atomic E-state index is -0.226. The first-order valence-corrected chi connectivity index (χ1v) is 12.9. The predicted molar refractivity (Wildman–Crippen MR) is 152 cm³/mol. The molecule has 0 aliphatic carbocycles. The van der Waals surface area contributed by atoms with Crippen molar-refractivity contribution in [2.24, 2.45) is 10.9 Å². The number of benzene rings is 2. The van der Waals surface area contributed by atoms with E-state index in [1.54, 1.807) is 0 Å². The molecule has 0 bridgehead atoms. The summed E-state index contributed by atoms with van der Waals surface area (Å²) in [6.07, 6.45) is 5.08. The topological polar surface area (TPSA) is 87.4 Å². The summed E-state index contributed by atoms with van der Waals surface area (Å²) >= 11 is 0. The Kier molecular flexibility index (Phi) is 8.01. The van der Waals surface area contributed by atoms with Gasteiger partial charge in [0, 0.05) is 41.9 Å². The van der Waals surface area contributed by atoms with Gasteiger partial charge in [-0.2, -0.15) is 9.50 Å². The first-order chi connectivity index (χ1) is 17.9. The SMILES string of the molecule is C=C(CC)C(C)(c1ccc(-c2nc3nc(CNc4ccccc4)cc(=O)n3[nH]2)cc1)C(C=NC)CCC. The number of nitrogens with zero attached hydrogens (tertiary/aromatic N) is 4. The molecule has 37 heavy (non-hydrogen) atoms. The number of aliphatic imine (C=N–C) groups is 1. The lowest BCUT2D eigenvalue weighted by atomic mass is 9.65. The van der Waals surface area contributed by atoms with Gasteiger partial charge < -0.3 is 10.3 Å². The van der Waals surface area contributed by atoms with Gasteiger partial charge in [-0.05, 0) is 30.5 Å². The number of hydrogen-bond donors (Lipinski definition) is 2. The highest BCUT2D eigenvalue weighted by molar-refractivity contribution is 5.66. The molecule has 0 spiro atoms. The molecule has 0 radical (unpaired) electrons. The second kappa shape index (κ2) is 11.4. The quantitative estimate of drug-likeness (QED) is 0.196. The number of allylic oxidation sites excluding steroid dienone is 1. The number of para-hydroxylation sites is 1.